The predicted octanol–water partition coefficient (Wildman–Crippen LogP) is 1.56. The number of amides is 1. The van der Waals surface area contributed by atoms with Crippen LogP contribution in [-0.2, 0) is 6.42 Å². The molecular weight excluding hydrogens is 204 g/mol. The van der Waals surface area contributed by atoms with E-state index in [1.54, 1.807) is 6.07 Å². The molecule has 1 aromatic heterocycles. The highest BCUT2D eigenvalue weighted by Crippen LogP contribution is 2.09. The fourth-order valence-corrected chi connectivity index (χ4v) is 1.43. The molecule has 16 heavy (non-hydrogen) atoms. The van der Waals surface area contributed by atoms with Gasteiger partial charge in [-0.1, -0.05) is 20.8 Å². The first-order valence-corrected chi connectivity index (χ1v) is 5.68. The van der Waals surface area contributed by atoms with Crippen LogP contribution in [0.3, 0.4) is 0 Å². The number of nitrogens with one attached hydrogen (secondary N) is 1. The summed E-state index contributed by atoms with van der Waals surface area (Å²) in [4.78, 5) is 11.8. The number of aryl methyl sites for hydroxylation is 1. The summed E-state index contributed by atoms with van der Waals surface area (Å²) in [6.07, 6.45) is 0.789. The number of rotatable bonds is 5. The second-order valence-electron chi connectivity index (χ2n) is 4.18. The molecule has 3 N–H and O–H groups in total. The van der Waals surface area contributed by atoms with E-state index in [1.165, 1.54) is 0 Å². The third-order valence-corrected chi connectivity index (χ3v) is 2.61. The summed E-state index contributed by atoms with van der Waals surface area (Å²) in [5, 5.41) is 2.86. The number of hydrogen-bond donors (Lipinski definition) is 2. The smallest absolute Gasteiger partial charge is 0.287 e. The minimum atomic E-state index is -0.191. The van der Waals surface area contributed by atoms with Gasteiger partial charge in [0.2, 0.25) is 0 Å². The van der Waals surface area contributed by atoms with E-state index in [2.05, 4.69) is 5.32 Å². The van der Waals surface area contributed by atoms with Gasteiger partial charge in [-0.15, -0.1) is 0 Å². The van der Waals surface area contributed by atoms with Gasteiger partial charge in [0.25, 0.3) is 5.91 Å². The molecule has 90 valence electrons. The van der Waals surface area contributed by atoms with Crippen LogP contribution in [0.25, 0.3) is 0 Å². The highest BCUT2D eigenvalue weighted by atomic mass is 16.3. The molecule has 0 aromatic carbocycles. The van der Waals surface area contributed by atoms with Gasteiger partial charge >= 0.3 is 0 Å². The summed E-state index contributed by atoms with van der Waals surface area (Å²) in [6, 6.07) is 3.51. The van der Waals surface area contributed by atoms with Crippen LogP contribution < -0.4 is 11.1 Å². The summed E-state index contributed by atoms with van der Waals surface area (Å²) in [6.45, 7) is 6.47. The van der Waals surface area contributed by atoms with E-state index in [9.17, 15) is 4.79 Å². The largest absolute Gasteiger partial charge is 0.456 e. The van der Waals surface area contributed by atoms with E-state index >= 15 is 0 Å². The van der Waals surface area contributed by atoms with E-state index in [0.717, 1.165) is 12.2 Å². The van der Waals surface area contributed by atoms with E-state index in [4.69, 9.17) is 10.2 Å². The van der Waals surface area contributed by atoms with Crippen LogP contribution in [0.15, 0.2) is 16.5 Å². The van der Waals surface area contributed by atoms with E-state index in [-0.39, 0.29) is 11.9 Å². The molecular formula is C12H20N2O2. The zero-order valence-electron chi connectivity index (χ0n) is 10.1. The first kappa shape index (κ1) is 12.8. The Kier molecular flexibility index (Phi) is 4.55. The molecule has 0 aliphatic heterocycles. The fraction of sp³-hybridized carbons (Fsp3) is 0.583. The highest BCUT2D eigenvalue weighted by Gasteiger charge is 2.17. The average molecular weight is 224 g/mol. The molecule has 1 aromatic rings. The van der Waals surface area contributed by atoms with Gasteiger partial charge in [0.15, 0.2) is 5.76 Å². The maximum Gasteiger partial charge on any atom is 0.287 e. The van der Waals surface area contributed by atoms with Crippen molar-refractivity contribution in [2.24, 2.45) is 11.7 Å². The third kappa shape index (κ3) is 3.10. The van der Waals surface area contributed by atoms with Crippen molar-refractivity contribution < 1.29 is 9.21 Å². The van der Waals surface area contributed by atoms with E-state index in [0.29, 0.717) is 18.2 Å². The van der Waals surface area contributed by atoms with Gasteiger partial charge in [0.05, 0.1) is 0 Å². The summed E-state index contributed by atoms with van der Waals surface area (Å²) in [5.74, 6) is 1.30. The molecule has 0 radical (unpaired) electrons. The van der Waals surface area contributed by atoms with Gasteiger partial charge in [-0.2, -0.15) is 0 Å². The molecule has 1 atom stereocenters. The lowest BCUT2D eigenvalue weighted by atomic mass is 10.0. The Labute approximate surface area is 96.2 Å². The summed E-state index contributed by atoms with van der Waals surface area (Å²) >= 11 is 0. The van der Waals surface area contributed by atoms with Crippen molar-refractivity contribution in [1.29, 1.82) is 0 Å². The maximum atomic E-state index is 11.8. The monoisotopic (exact) mass is 224 g/mol. The van der Waals surface area contributed by atoms with Crippen molar-refractivity contribution in [2.45, 2.75) is 33.2 Å². The quantitative estimate of drug-likeness (QED) is 0.797. The topological polar surface area (TPSA) is 68.3 Å². The first-order valence-electron chi connectivity index (χ1n) is 5.68. The lowest BCUT2D eigenvalue weighted by molar-refractivity contribution is 0.0898. The van der Waals surface area contributed by atoms with Crippen molar-refractivity contribution in [3.8, 4) is 0 Å². The number of carbonyl (C=O) groups is 1. The molecule has 1 unspecified atom stereocenters. The SMILES string of the molecule is CCc1ccc(C(=O)NC(CN)C(C)C)o1. The molecule has 1 heterocycles. The molecule has 4 heteroatoms. The predicted molar refractivity (Wildman–Crippen MR) is 63.2 cm³/mol. The molecule has 0 spiro atoms. The van der Waals surface area contributed by atoms with Crippen molar-refractivity contribution >= 4 is 5.91 Å². The number of carbonyl (C=O) groups excluding carboxylic acids is 1. The zero-order valence-corrected chi connectivity index (χ0v) is 10.1. The standard InChI is InChI=1S/C12H20N2O2/c1-4-9-5-6-11(16-9)12(15)14-10(7-13)8(2)3/h5-6,8,10H,4,7,13H2,1-3H3,(H,14,15). The Morgan fingerprint density at radius 2 is 2.19 bits per heavy atom. The van der Waals surface area contributed by atoms with Crippen LogP contribution in [0.4, 0.5) is 0 Å². The van der Waals surface area contributed by atoms with Crippen LogP contribution >= 0.6 is 0 Å². The normalized spacial score (nSPS) is 12.8. The Hall–Kier alpha value is -1.29. The minimum Gasteiger partial charge on any atom is -0.456 e. The van der Waals surface area contributed by atoms with Gasteiger partial charge in [-0.05, 0) is 18.1 Å². The number of nitrogens with two attached hydrogens (primary N) is 1. The zero-order chi connectivity index (χ0) is 12.1. The Bertz CT molecular complexity index is 345. The molecule has 4 nitrogen and oxygen atoms in total. The Morgan fingerprint density at radius 3 is 2.62 bits per heavy atom. The molecule has 0 fully saturated rings. The third-order valence-electron chi connectivity index (χ3n) is 2.61. The lowest BCUT2D eigenvalue weighted by Crippen LogP contribution is -2.43. The van der Waals surface area contributed by atoms with E-state index < -0.39 is 0 Å². The summed E-state index contributed by atoms with van der Waals surface area (Å²) in [7, 11) is 0. The van der Waals surface area contributed by atoms with Crippen molar-refractivity contribution in [3.05, 3.63) is 23.7 Å². The fourth-order valence-electron chi connectivity index (χ4n) is 1.43. The number of hydrogen-bond acceptors (Lipinski definition) is 3. The summed E-state index contributed by atoms with van der Waals surface area (Å²) in [5.41, 5.74) is 5.59. The van der Waals surface area contributed by atoms with Gasteiger partial charge in [-0.3, -0.25) is 4.79 Å². The minimum absolute atomic E-state index is 0.0114. The second kappa shape index (κ2) is 5.70. The molecule has 0 bridgehead atoms. The molecule has 0 saturated carbocycles. The summed E-state index contributed by atoms with van der Waals surface area (Å²) < 4.78 is 5.37. The van der Waals surface area contributed by atoms with Crippen LogP contribution in [0, 0.1) is 5.92 Å². The molecule has 0 saturated heterocycles. The second-order valence-corrected chi connectivity index (χ2v) is 4.18. The lowest BCUT2D eigenvalue weighted by Gasteiger charge is -2.19. The van der Waals surface area contributed by atoms with Gasteiger partial charge < -0.3 is 15.5 Å². The van der Waals surface area contributed by atoms with Crippen molar-refractivity contribution in [2.75, 3.05) is 6.54 Å². The molecule has 1 amide bonds. The Morgan fingerprint density at radius 1 is 1.50 bits per heavy atom. The number of furan rings is 1. The van der Waals surface area contributed by atoms with Gasteiger partial charge in [0, 0.05) is 19.0 Å². The first-order chi connectivity index (χ1) is 7.58. The van der Waals surface area contributed by atoms with Crippen LogP contribution in [-0.4, -0.2) is 18.5 Å². The highest BCUT2D eigenvalue weighted by molar-refractivity contribution is 5.91. The van der Waals surface area contributed by atoms with Gasteiger partial charge in [-0.25, -0.2) is 0 Å². The van der Waals surface area contributed by atoms with Gasteiger partial charge in [0.1, 0.15) is 5.76 Å². The van der Waals surface area contributed by atoms with Crippen LogP contribution in [0.5, 0.6) is 0 Å². The molecule has 1 rings (SSSR count). The van der Waals surface area contributed by atoms with Crippen molar-refractivity contribution in [3.63, 3.8) is 0 Å². The average Bonchev–Trinajstić information content (AvgIpc) is 2.73. The Balaban J connectivity index is 2.64. The van der Waals surface area contributed by atoms with Crippen LogP contribution in [0.2, 0.25) is 0 Å². The molecule has 0 aliphatic carbocycles. The maximum absolute atomic E-state index is 11.8. The van der Waals surface area contributed by atoms with Crippen LogP contribution in [0.1, 0.15) is 37.1 Å². The van der Waals surface area contributed by atoms with Crippen molar-refractivity contribution in [1.82, 2.24) is 5.32 Å². The van der Waals surface area contributed by atoms with E-state index in [1.807, 2.05) is 26.8 Å². The molecule has 0 aliphatic rings.